The third kappa shape index (κ3) is 5.94. The maximum absolute atomic E-state index is 2.44. The lowest BCUT2D eigenvalue weighted by Crippen LogP contribution is -2.16. The highest BCUT2D eigenvalue weighted by atomic mass is 32.1. The summed E-state index contributed by atoms with van der Waals surface area (Å²) >= 11 is 1.87. The monoisotopic (exact) mass is 860 g/mol. The Morgan fingerprint density at radius 1 is 0.394 bits per heavy atom. The molecular formula is C63H44N2S. The number of benzene rings is 10. The Morgan fingerprint density at radius 2 is 0.939 bits per heavy atom. The molecule has 0 atom stereocenters. The van der Waals surface area contributed by atoms with Gasteiger partial charge in [-0.2, -0.15) is 0 Å². The summed E-state index contributed by atoms with van der Waals surface area (Å²) in [4.78, 5) is 2.44. The number of hydrogen-bond donors (Lipinski definition) is 0. The third-order valence-corrected chi connectivity index (χ3v) is 15.2. The molecule has 0 saturated heterocycles. The van der Waals surface area contributed by atoms with Crippen molar-refractivity contribution in [1.82, 2.24) is 4.57 Å². The van der Waals surface area contributed by atoms with Crippen molar-refractivity contribution in [3.63, 3.8) is 0 Å². The predicted octanol–water partition coefficient (Wildman–Crippen LogP) is 17.9. The summed E-state index contributed by atoms with van der Waals surface area (Å²) in [5.41, 5.74) is 19.6. The van der Waals surface area contributed by atoms with Crippen molar-refractivity contribution in [2.45, 2.75) is 19.3 Å². The Balaban J connectivity index is 0.903. The van der Waals surface area contributed by atoms with Crippen LogP contribution in [0.2, 0.25) is 0 Å². The molecule has 2 heterocycles. The molecule has 0 N–H and O–H groups in total. The zero-order valence-electron chi connectivity index (χ0n) is 36.7. The second-order valence-electron chi connectivity index (χ2n) is 18.0. The van der Waals surface area contributed by atoms with E-state index in [-0.39, 0.29) is 5.41 Å². The summed E-state index contributed by atoms with van der Waals surface area (Å²) < 4.78 is 5.00. The molecule has 12 aromatic rings. The lowest BCUT2D eigenvalue weighted by Gasteiger charge is -2.27. The first-order chi connectivity index (χ1) is 32.5. The van der Waals surface area contributed by atoms with E-state index in [0.717, 1.165) is 11.4 Å². The molecule has 0 aliphatic heterocycles. The number of thiophene rings is 1. The molecular weight excluding hydrogens is 817 g/mol. The van der Waals surface area contributed by atoms with Crippen LogP contribution in [0.15, 0.2) is 231 Å². The molecule has 0 amide bonds. The topological polar surface area (TPSA) is 8.17 Å². The molecule has 0 unspecified atom stereocenters. The van der Waals surface area contributed by atoms with E-state index in [9.17, 15) is 0 Å². The van der Waals surface area contributed by atoms with Crippen LogP contribution >= 0.6 is 11.3 Å². The van der Waals surface area contributed by atoms with Crippen LogP contribution in [0.5, 0.6) is 0 Å². The summed E-state index contributed by atoms with van der Waals surface area (Å²) in [6.07, 6.45) is 0. The van der Waals surface area contributed by atoms with Crippen LogP contribution in [-0.4, -0.2) is 4.57 Å². The van der Waals surface area contributed by atoms with Crippen molar-refractivity contribution >= 4 is 70.4 Å². The van der Waals surface area contributed by atoms with Crippen LogP contribution < -0.4 is 4.90 Å². The Kier molecular flexibility index (Phi) is 8.78. The average molecular weight is 861 g/mol. The second kappa shape index (κ2) is 15.1. The van der Waals surface area contributed by atoms with Gasteiger partial charge in [-0.1, -0.05) is 184 Å². The maximum Gasteiger partial charge on any atom is 0.0640 e. The summed E-state index contributed by atoms with van der Waals surface area (Å²) in [6, 6.07) is 84.9. The number of rotatable bonds is 7. The summed E-state index contributed by atoms with van der Waals surface area (Å²) in [5.74, 6) is 0. The van der Waals surface area contributed by atoms with Crippen LogP contribution in [0.4, 0.5) is 17.1 Å². The van der Waals surface area contributed by atoms with Gasteiger partial charge in [0.1, 0.15) is 0 Å². The molecule has 0 saturated carbocycles. The first-order valence-corrected chi connectivity index (χ1v) is 23.7. The summed E-state index contributed by atoms with van der Waals surface area (Å²) in [7, 11) is 0. The molecule has 2 nitrogen and oxygen atoms in total. The quantitative estimate of drug-likeness (QED) is 0.155. The molecule has 0 spiro atoms. The fourth-order valence-electron chi connectivity index (χ4n) is 11.0. The van der Waals surface area contributed by atoms with E-state index in [1.807, 2.05) is 11.3 Å². The minimum absolute atomic E-state index is 0.0962. The van der Waals surface area contributed by atoms with Crippen LogP contribution in [0, 0.1) is 0 Å². The van der Waals surface area contributed by atoms with E-state index >= 15 is 0 Å². The van der Waals surface area contributed by atoms with Crippen molar-refractivity contribution in [3.8, 4) is 50.2 Å². The number of nitrogens with zero attached hydrogens (tertiary/aromatic N) is 2. The standard InChI is InChI=1S/C63H44N2S/c1-63(2)55-26-8-3-19-49(55)53-24-14-23-48(61(53)63)42-34-38-46(39-35-42)64(59-30-15-25-54-52-22-7-12-31-60(52)66-62(54)59)45-36-32-41(33-37-45)43-16-13-17-44(40-43)47-18-4-9-27-56(47)65-57-28-10-5-20-50(57)51-21-6-11-29-58(51)65/h3-40H,1-2H3. The number of hydrogen-bond acceptors (Lipinski definition) is 2. The molecule has 0 bridgehead atoms. The van der Waals surface area contributed by atoms with E-state index < -0.39 is 0 Å². The first kappa shape index (κ1) is 38.5. The van der Waals surface area contributed by atoms with Gasteiger partial charge in [-0.3, -0.25) is 0 Å². The molecule has 0 fully saturated rings. The number of para-hydroxylation sites is 3. The normalized spacial score (nSPS) is 12.8. The molecule has 0 radical (unpaired) electrons. The van der Waals surface area contributed by atoms with Gasteiger partial charge < -0.3 is 9.47 Å². The van der Waals surface area contributed by atoms with E-state index in [1.54, 1.807) is 0 Å². The SMILES string of the molecule is CC1(C)c2ccccc2-c2cccc(-c3ccc(N(c4ccc(-c5cccc(-c6ccccc6-n6c7ccccc7c7ccccc76)c5)cc4)c4cccc5c4sc4ccccc45)cc3)c21. The van der Waals surface area contributed by atoms with Gasteiger partial charge in [-0.15, -0.1) is 11.3 Å². The highest BCUT2D eigenvalue weighted by Gasteiger charge is 2.37. The van der Waals surface area contributed by atoms with Gasteiger partial charge >= 0.3 is 0 Å². The molecule has 66 heavy (non-hydrogen) atoms. The summed E-state index contributed by atoms with van der Waals surface area (Å²) in [6.45, 7) is 4.74. The third-order valence-electron chi connectivity index (χ3n) is 14.0. The first-order valence-electron chi connectivity index (χ1n) is 22.8. The minimum atomic E-state index is -0.0962. The van der Waals surface area contributed by atoms with Gasteiger partial charge in [0.15, 0.2) is 0 Å². The highest BCUT2D eigenvalue weighted by Crippen LogP contribution is 2.52. The molecule has 312 valence electrons. The Morgan fingerprint density at radius 3 is 1.70 bits per heavy atom. The molecule has 1 aliphatic rings. The van der Waals surface area contributed by atoms with Gasteiger partial charge in [0.2, 0.25) is 0 Å². The predicted molar refractivity (Wildman–Crippen MR) is 282 cm³/mol. The van der Waals surface area contributed by atoms with Gasteiger partial charge in [0.25, 0.3) is 0 Å². The lowest BCUT2D eigenvalue weighted by molar-refractivity contribution is 0.662. The van der Waals surface area contributed by atoms with E-state index in [0.29, 0.717) is 0 Å². The highest BCUT2D eigenvalue weighted by molar-refractivity contribution is 7.26. The number of fused-ring (bicyclic) bond motifs is 9. The maximum atomic E-state index is 2.44. The van der Waals surface area contributed by atoms with Crippen LogP contribution in [0.1, 0.15) is 25.0 Å². The van der Waals surface area contributed by atoms with Crippen LogP contribution in [-0.2, 0) is 5.41 Å². The van der Waals surface area contributed by atoms with Crippen molar-refractivity contribution in [1.29, 1.82) is 0 Å². The van der Waals surface area contributed by atoms with Crippen molar-refractivity contribution in [3.05, 3.63) is 242 Å². The second-order valence-corrected chi connectivity index (χ2v) is 19.1. The van der Waals surface area contributed by atoms with Crippen molar-refractivity contribution < 1.29 is 0 Å². The minimum Gasteiger partial charge on any atom is -0.309 e. The van der Waals surface area contributed by atoms with Crippen LogP contribution in [0.25, 0.3) is 92.2 Å². The summed E-state index contributed by atoms with van der Waals surface area (Å²) in [5, 5.41) is 5.11. The molecule has 13 rings (SSSR count). The molecule has 2 aromatic heterocycles. The van der Waals surface area contributed by atoms with Gasteiger partial charge in [0, 0.05) is 48.6 Å². The Hall–Kier alpha value is -7.98. The van der Waals surface area contributed by atoms with Crippen molar-refractivity contribution in [2.24, 2.45) is 0 Å². The number of anilines is 3. The zero-order valence-corrected chi connectivity index (χ0v) is 37.6. The lowest BCUT2D eigenvalue weighted by atomic mass is 9.79. The Bertz CT molecular complexity index is 3790. The van der Waals surface area contributed by atoms with Gasteiger partial charge in [0.05, 0.1) is 27.1 Å². The number of aromatic nitrogens is 1. The van der Waals surface area contributed by atoms with Gasteiger partial charge in [-0.05, 0) is 111 Å². The van der Waals surface area contributed by atoms with E-state index in [2.05, 4.69) is 254 Å². The zero-order chi connectivity index (χ0) is 43.9. The fourth-order valence-corrected chi connectivity index (χ4v) is 12.2. The average Bonchev–Trinajstić information content (AvgIpc) is 4.00. The molecule has 3 heteroatoms. The smallest absolute Gasteiger partial charge is 0.0640 e. The van der Waals surface area contributed by atoms with E-state index in [4.69, 9.17) is 0 Å². The van der Waals surface area contributed by atoms with Crippen molar-refractivity contribution in [2.75, 3.05) is 4.90 Å². The van der Waals surface area contributed by atoms with Gasteiger partial charge in [-0.25, -0.2) is 0 Å². The fraction of sp³-hybridized carbons (Fsp3) is 0.0476. The Labute approximate surface area is 388 Å². The molecule has 1 aliphatic carbocycles. The van der Waals surface area contributed by atoms with E-state index in [1.165, 1.54) is 109 Å². The van der Waals surface area contributed by atoms with Crippen LogP contribution in [0.3, 0.4) is 0 Å². The molecule has 10 aromatic carbocycles. The largest absolute Gasteiger partial charge is 0.309 e.